The van der Waals surface area contributed by atoms with Gasteiger partial charge in [0.1, 0.15) is 15.5 Å². The summed E-state index contributed by atoms with van der Waals surface area (Å²) in [6, 6.07) is 0.622. The number of thiophene rings is 1. The van der Waals surface area contributed by atoms with Crippen molar-refractivity contribution in [3.05, 3.63) is 26.6 Å². The monoisotopic (exact) mass is 348 g/mol. The lowest BCUT2D eigenvalue weighted by atomic mass is 10.1. The minimum atomic E-state index is -1.01. The molecular formula is C16H20N4O3S. The molecule has 2 aromatic heterocycles. The summed E-state index contributed by atoms with van der Waals surface area (Å²) in [5.41, 5.74) is 0.262. The van der Waals surface area contributed by atoms with E-state index in [2.05, 4.69) is 19.8 Å². The van der Waals surface area contributed by atoms with Crippen molar-refractivity contribution < 1.29 is 9.90 Å². The normalized spacial score (nSPS) is 22.1. The third-order valence-corrected chi connectivity index (χ3v) is 6.26. The van der Waals surface area contributed by atoms with E-state index in [1.165, 1.54) is 19.4 Å². The van der Waals surface area contributed by atoms with Crippen LogP contribution in [0.5, 0.6) is 0 Å². The van der Waals surface area contributed by atoms with Crippen LogP contribution < -0.4 is 5.56 Å². The van der Waals surface area contributed by atoms with Gasteiger partial charge in [-0.25, -0.2) is 9.78 Å². The second-order valence-electron chi connectivity index (χ2n) is 6.62. The molecule has 0 aliphatic carbocycles. The molecule has 4 rings (SSSR count). The highest BCUT2D eigenvalue weighted by Gasteiger charge is 2.30. The zero-order valence-corrected chi connectivity index (χ0v) is 14.4. The van der Waals surface area contributed by atoms with Crippen LogP contribution in [-0.4, -0.2) is 63.1 Å². The van der Waals surface area contributed by atoms with Gasteiger partial charge in [-0.05, 0) is 31.9 Å². The topological polar surface area (TPSA) is 89.5 Å². The molecule has 2 aliphatic heterocycles. The summed E-state index contributed by atoms with van der Waals surface area (Å²) in [5.74, 6) is -0.383. The number of aryl methyl sites for hydroxylation is 1. The molecule has 0 amide bonds. The number of aromatic amines is 1. The van der Waals surface area contributed by atoms with Crippen LogP contribution >= 0.6 is 11.3 Å². The van der Waals surface area contributed by atoms with Gasteiger partial charge in [0, 0.05) is 25.7 Å². The Morgan fingerprint density at radius 3 is 3.04 bits per heavy atom. The van der Waals surface area contributed by atoms with Gasteiger partial charge in [0.15, 0.2) is 0 Å². The number of carboxylic acids is 1. The number of aromatic carboxylic acids is 1. The van der Waals surface area contributed by atoms with Crippen LogP contribution in [-0.2, 0) is 6.54 Å². The van der Waals surface area contributed by atoms with Crippen LogP contribution in [0.4, 0.5) is 0 Å². The van der Waals surface area contributed by atoms with Crippen molar-refractivity contribution in [2.24, 2.45) is 0 Å². The van der Waals surface area contributed by atoms with E-state index in [-0.39, 0.29) is 10.4 Å². The first-order valence-electron chi connectivity index (χ1n) is 8.25. The van der Waals surface area contributed by atoms with Crippen molar-refractivity contribution in [2.45, 2.75) is 32.4 Å². The van der Waals surface area contributed by atoms with Gasteiger partial charge < -0.3 is 10.1 Å². The van der Waals surface area contributed by atoms with Crippen LogP contribution in [0.1, 0.15) is 33.9 Å². The number of hydrogen-bond donors (Lipinski definition) is 2. The number of nitrogens with one attached hydrogen (secondary N) is 1. The SMILES string of the molecule is Cc1c(C(=O)O)sc2nc(CN3CCN4CCCC4C3)[nH]c(=O)c12. The number of aromatic nitrogens is 2. The zero-order valence-electron chi connectivity index (χ0n) is 13.5. The Labute approximate surface area is 142 Å². The number of piperazine rings is 1. The van der Waals surface area contributed by atoms with Gasteiger partial charge in [0.2, 0.25) is 0 Å². The zero-order chi connectivity index (χ0) is 16.8. The van der Waals surface area contributed by atoms with Gasteiger partial charge in [-0.15, -0.1) is 11.3 Å². The molecular weight excluding hydrogens is 328 g/mol. The van der Waals surface area contributed by atoms with Crippen LogP contribution in [0.2, 0.25) is 0 Å². The highest BCUT2D eigenvalue weighted by Crippen LogP contribution is 2.27. The molecule has 24 heavy (non-hydrogen) atoms. The van der Waals surface area contributed by atoms with E-state index in [0.717, 1.165) is 31.0 Å². The van der Waals surface area contributed by atoms with Gasteiger partial charge >= 0.3 is 5.97 Å². The molecule has 0 bridgehead atoms. The Morgan fingerprint density at radius 1 is 1.42 bits per heavy atom. The Bertz CT molecular complexity index is 859. The van der Waals surface area contributed by atoms with Crippen molar-refractivity contribution >= 4 is 27.5 Å². The van der Waals surface area contributed by atoms with E-state index in [0.29, 0.717) is 34.2 Å². The van der Waals surface area contributed by atoms with Crippen molar-refractivity contribution in [3.8, 4) is 0 Å². The third kappa shape index (κ3) is 2.64. The van der Waals surface area contributed by atoms with E-state index in [1.54, 1.807) is 6.92 Å². The van der Waals surface area contributed by atoms with E-state index < -0.39 is 5.97 Å². The van der Waals surface area contributed by atoms with E-state index in [1.807, 2.05) is 0 Å². The summed E-state index contributed by atoms with van der Waals surface area (Å²) < 4.78 is 0. The predicted octanol–water partition coefficient (Wildman–Crippen LogP) is 1.27. The first-order valence-corrected chi connectivity index (χ1v) is 9.06. The highest BCUT2D eigenvalue weighted by atomic mass is 32.1. The minimum Gasteiger partial charge on any atom is -0.477 e. The average molecular weight is 348 g/mol. The molecule has 0 radical (unpaired) electrons. The maximum absolute atomic E-state index is 12.4. The lowest BCUT2D eigenvalue weighted by Crippen LogP contribution is -2.49. The summed E-state index contributed by atoms with van der Waals surface area (Å²) in [6.07, 6.45) is 2.51. The van der Waals surface area contributed by atoms with Crippen LogP contribution in [0.25, 0.3) is 10.2 Å². The van der Waals surface area contributed by atoms with E-state index in [4.69, 9.17) is 0 Å². The smallest absolute Gasteiger partial charge is 0.346 e. The largest absolute Gasteiger partial charge is 0.477 e. The number of H-pyrrole nitrogens is 1. The average Bonchev–Trinajstić information content (AvgIpc) is 3.11. The molecule has 128 valence electrons. The molecule has 4 heterocycles. The van der Waals surface area contributed by atoms with Crippen LogP contribution in [0, 0.1) is 6.92 Å². The maximum Gasteiger partial charge on any atom is 0.346 e. The quantitative estimate of drug-likeness (QED) is 0.868. The first-order chi connectivity index (χ1) is 11.5. The number of fused-ring (bicyclic) bond motifs is 2. The Morgan fingerprint density at radius 2 is 2.25 bits per heavy atom. The van der Waals surface area contributed by atoms with Gasteiger partial charge in [-0.2, -0.15) is 0 Å². The molecule has 2 N–H and O–H groups in total. The van der Waals surface area contributed by atoms with Crippen LogP contribution in [0.3, 0.4) is 0 Å². The Kier molecular flexibility index (Phi) is 3.90. The molecule has 2 fully saturated rings. The molecule has 2 aromatic rings. The molecule has 0 aromatic carbocycles. The molecule has 7 nitrogen and oxygen atoms in total. The summed E-state index contributed by atoms with van der Waals surface area (Å²) in [6.45, 7) is 6.52. The van der Waals surface area contributed by atoms with Crippen molar-refractivity contribution in [3.63, 3.8) is 0 Å². The van der Waals surface area contributed by atoms with E-state index >= 15 is 0 Å². The summed E-state index contributed by atoms with van der Waals surface area (Å²) in [7, 11) is 0. The van der Waals surface area contributed by atoms with Crippen molar-refractivity contribution in [1.29, 1.82) is 0 Å². The van der Waals surface area contributed by atoms with Gasteiger partial charge in [0.25, 0.3) is 5.56 Å². The van der Waals surface area contributed by atoms with Crippen molar-refractivity contribution in [1.82, 2.24) is 19.8 Å². The molecule has 0 spiro atoms. The van der Waals surface area contributed by atoms with Gasteiger partial charge in [-0.3, -0.25) is 14.6 Å². The highest BCUT2D eigenvalue weighted by molar-refractivity contribution is 7.20. The van der Waals surface area contributed by atoms with Crippen molar-refractivity contribution in [2.75, 3.05) is 26.2 Å². The number of nitrogens with zero attached hydrogens (tertiary/aromatic N) is 3. The lowest BCUT2D eigenvalue weighted by molar-refractivity contribution is 0.0701. The summed E-state index contributed by atoms with van der Waals surface area (Å²) >= 11 is 1.08. The van der Waals surface area contributed by atoms with Crippen LogP contribution in [0.15, 0.2) is 4.79 Å². The Hall–Kier alpha value is -1.77. The molecule has 0 saturated carbocycles. The minimum absolute atomic E-state index is 0.194. The summed E-state index contributed by atoms with van der Waals surface area (Å²) in [4.78, 5) is 36.6. The molecule has 2 saturated heterocycles. The predicted molar refractivity (Wildman–Crippen MR) is 91.8 cm³/mol. The maximum atomic E-state index is 12.4. The molecule has 1 atom stereocenters. The summed E-state index contributed by atoms with van der Waals surface area (Å²) in [5, 5.41) is 9.64. The van der Waals surface area contributed by atoms with E-state index in [9.17, 15) is 14.7 Å². The number of carbonyl (C=O) groups is 1. The third-order valence-electron chi connectivity index (χ3n) is 5.09. The number of carboxylic acid groups (broad SMARTS) is 1. The fraction of sp³-hybridized carbons (Fsp3) is 0.562. The fourth-order valence-corrected chi connectivity index (χ4v) is 4.92. The Balaban J connectivity index is 1.61. The second-order valence-corrected chi connectivity index (χ2v) is 7.62. The molecule has 1 unspecified atom stereocenters. The molecule has 8 heteroatoms. The first kappa shape index (κ1) is 15.7. The fourth-order valence-electron chi connectivity index (χ4n) is 3.88. The standard InChI is InChI=1S/C16H20N4O3S/c1-9-12-14(21)17-11(18-15(12)24-13(9)16(22)23)8-19-5-6-20-4-2-3-10(20)7-19/h10H,2-8H2,1H3,(H,22,23)(H,17,18,21). The number of hydrogen-bond acceptors (Lipinski definition) is 6. The lowest BCUT2D eigenvalue weighted by Gasteiger charge is -2.37. The van der Waals surface area contributed by atoms with Gasteiger partial charge in [0.05, 0.1) is 11.9 Å². The number of rotatable bonds is 3. The molecule has 2 aliphatic rings. The van der Waals surface area contributed by atoms with Gasteiger partial charge in [-0.1, -0.05) is 0 Å². The second kappa shape index (κ2) is 5.94.